The van der Waals surface area contributed by atoms with E-state index < -0.39 is 0 Å². The zero-order valence-corrected chi connectivity index (χ0v) is 8.07. The van der Waals surface area contributed by atoms with E-state index in [9.17, 15) is 0 Å². The maximum absolute atomic E-state index is 3.38. The van der Waals surface area contributed by atoms with Crippen molar-refractivity contribution in [2.45, 2.75) is 27.7 Å². The van der Waals surface area contributed by atoms with E-state index in [-0.39, 0.29) is 18.9 Å². The first-order valence-corrected chi connectivity index (χ1v) is 3.83. The van der Waals surface area contributed by atoms with E-state index in [0.29, 0.717) is 0 Å². The number of rotatable bonds is 4. The van der Waals surface area contributed by atoms with E-state index in [1.807, 2.05) is 0 Å². The quantitative estimate of drug-likeness (QED) is 0.577. The molecule has 0 bridgehead atoms. The average molecular weight is 136 g/mol. The van der Waals surface area contributed by atoms with Crippen LogP contribution in [0.15, 0.2) is 0 Å². The third-order valence-corrected chi connectivity index (χ3v) is 1.11. The van der Waals surface area contributed by atoms with Gasteiger partial charge in [-0.2, -0.15) is 0 Å². The van der Waals surface area contributed by atoms with Crippen molar-refractivity contribution in [3.8, 4) is 0 Å². The molecule has 0 aliphatic heterocycles. The van der Waals surface area contributed by atoms with Crippen LogP contribution in [0.5, 0.6) is 0 Å². The molecule has 0 heterocycles. The summed E-state index contributed by atoms with van der Waals surface area (Å²) in [5.41, 5.74) is 0. The van der Waals surface area contributed by atoms with Gasteiger partial charge < -0.3 is 5.32 Å². The van der Waals surface area contributed by atoms with Gasteiger partial charge in [-0.1, -0.05) is 27.7 Å². The van der Waals surface area contributed by atoms with Gasteiger partial charge in [-0.05, 0) is 24.9 Å². The fourth-order valence-corrected chi connectivity index (χ4v) is 0.661. The summed E-state index contributed by atoms with van der Waals surface area (Å²) in [5.74, 6) is 1.56. The second-order valence-electron chi connectivity index (χ2n) is 3.45. The van der Waals surface area contributed by atoms with Gasteiger partial charge in [-0.15, -0.1) is 0 Å². The third kappa shape index (κ3) is 11.4. The molecule has 10 heavy (non-hydrogen) atoms. The second-order valence-corrected chi connectivity index (χ2v) is 3.45. The molecule has 1 N–H and O–H groups in total. The van der Waals surface area contributed by atoms with Crippen molar-refractivity contribution in [2.75, 3.05) is 13.1 Å². The fourth-order valence-electron chi connectivity index (χ4n) is 0.661. The molecule has 0 saturated carbocycles. The Labute approximate surface area is 77.1 Å². The van der Waals surface area contributed by atoms with Crippen LogP contribution in [-0.4, -0.2) is 32.0 Å². The summed E-state index contributed by atoms with van der Waals surface area (Å²) >= 11 is 0. The van der Waals surface area contributed by atoms with Gasteiger partial charge in [0.2, 0.25) is 0 Å². The zero-order valence-electron chi connectivity index (χ0n) is 8.07. The monoisotopic (exact) mass is 136 g/mol. The van der Waals surface area contributed by atoms with E-state index in [1.165, 1.54) is 0 Å². The summed E-state index contributed by atoms with van der Waals surface area (Å²) in [6, 6.07) is 0. The van der Waals surface area contributed by atoms with Crippen molar-refractivity contribution < 1.29 is 0 Å². The van der Waals surface area contributed by atoms with Gasteiger partial charge in [0.15, 0.2) is 0 Å². The van der Waals surface area contributed by atoms with Crippen LogP contribution in [0.4, 0.5) is 0 Å². The Hall–Kier alpha value is 0.557. The predicted octanol–water partition coefficient (Wildman–Crippen LogP) is 1.51. The van der Waals surface area contributed by atoms with Gasteiger partial charge >= 0.3 is 0 Å². The Morgan fingerprint density at radius 3 is 1.40 bits per heavy atom. The van der Waals surface area contributed by atoms with E-state index in [1.54, 1.807) is 0 Å². The van der Waals surface area contributed by atoms with Crippen LogP contribution >= 0.6 is 0 Å². The molecule has 57 valence electrons. The summed E-state index contributed by atoms with van der Waals surface area (Å²) in [5, 5.41) is 3.38. The summed E-state index contributed by atoms with van der Waals surface area (Å²) < 4.78 is 0. The molecule has 0 aromatic rings. The Kier molecular flexibility index (Phi) is 10.1. The Bertz CT molecular complexity index is 54.3. The van der Waals surface area contributed by atoms with E-state index >= 15 is 0 Å². The molecule has 0 aromatic carbocycles. The van der Waals surface area contributed by atoms with Crippen molar-refractivity contribution >= 4 is 18.9 Å². The number of hydrogen-bond acceptors (Lipinski definition) is 1. The van der Waals surface area contributed by atoms with Crippen LogP contribution in [0, 0.1) is 11.8 Å². The van der Waals surface area contributed by atoms with Crippen LogP contribution in [0.1, 0.15) is 27.7 Å². The minimum atomic E-state index is 0. The van der Waals surface area contributed by atoms with Crippen LogP contribution in [0.25, 0.3) is 0 Å². The summed E-state index contributed by atoms with van der Waals surface area (Å²) in [7, 11) is 0. The molecule has 1 radical (unpaired) electrons. The van der Waals surface area contributed by atoms with Gasteiger partial charge in [-0.25, -0.2) is 0 Å². The molecule has 0 saturated heterocycles. The summed E-state index contributed by atoms with van der Waals surface area (Å²) in [4.78, 5) is 0. The van der Waals surface area contributed by atoms with Crippen LogP contribution in [-0.2, 0) is 0 Å². The smallest absolute Gasteiger partial charge is 0 e. The predicted molar refractivity (Wildman–Crippen MR) is 48.3 cm³/mol. The van der Waals surface area contributed by atoms with Crippen molar-refractivity contribution in [3.05, 3.63) is 0 Å². The Balaban J connectivity index is 0. The molecular formula is C8H19LiN. The Morgan fingerprint density at radius 1 is 0.900 bits per heavy atom. The first kappa shape index (κ1) is 13.2. The SMILES string of the molecule is CC(C)CNCC(C)C.[Li]. The molecule has 0 unspecified atom stereocenters. The van der Waals surface area contributed by atoms with Gasteiger partial charge in [0, 0.05) is 18.9 Å². The molecule has 0 aliphatic rings. The maximum atomic E-state index is 3.38. The van der Waals surface area contributed by atoms with Gasteiger partial charge in [0.25, 0.3) is 0 Å². The van der Waals surface area contributed by atoms with Crippen molar-refractivity contribution in [2.24, 2.45) is 11.8 Å². The minimum Gasteiger partial charge on any atom is -0.316 e. The van der Waals surface area contributed by atoms with Gasteiger partial charge in [0.05, 0.1) is 0 Å². The molecule has 0 fully saturated rings. The summed E-state index contributed by atoms with van der Waals surface area (Å²) in [6.07, 6.45) is 0. The molecule has 0 atom stereocenters. The largest absolute Gasteiger partial charge is 0.316 e. The normalized spacial score (nSPS) is 10.2. The average Bonchev–Trinajstić information content (AvgIpc) is 1.63. The molecule has 2 heteroatoms. The van der Waals surface area contributed by atoms with E-state index in [0.717, 1.165) is 24.9 Å². The molecule has 1 nitrogen and oxygen atoms in total. The van der Waals surface area contributed by atoms with Gasteiger partial charge in [0.1, 0.15) is 0 Å². The van der Waals surface area contributed by atoms with Crippen LogP contribution in [0.3, 0.4) is 0 Å². The molecule has 0 amide bonds. The second kappa shape index (κ2) is 7.66. The minimum absolute atomic E-state index is 0. The molecule has 0 aliphatic carbocycles. The Morgan fingerprint density at radius 2 is 1.20 bits per heavy atom. The number of nitrogens with one attached hydrogen (secondary N) is 1. The third-order valence-electron chi connectivity index (χ3n) is 1.11. The first-order valence-electron chi connectivity index (χ1n) is 3.83. The fraction of sp³-hybridized carbons (Fsp3) is 1.00. The number of hydrogen-bond donors (Lipinski definition) is 1. The van der Waals surface area contributed by atoms with Crippen molar-refractivity contribution in [3.63, 3.8) is 0 Å². The van der Waals surface area contributed by atoms with E-state index in [4.69, 9.17) is 0 Å². The molecular weight excluding hydrogens is 117 g/mol. The molecule has 0 rings (SSSR count). The topological polar surface area (TPSA) is 12.0 Å². The molecule has 0 spiro atoms. The van der Waals surface area contributed by atoms with Crippen molar-refractivity contribution in [1.29, 1.82) is 0 Å². The van der Waals surface area contributed by atoms with Crippen LogP contribution in [0.2, 0.25) is 0 Å². The molecule has 0 aromatic heterocycles. The van der Waals surface area contributed by atoms with Crippen molar-refractivity contribution in [1.82, 2.24) is 5.32 Å². The first-order chi connectivity index (χ1) is 4.13. The summed E-state index contributed by atoms with van der Waals surface area (Å²) in [6.45, 7) is 11.2. The standard InChI is InChI=1S/C8H19N.Li/c1-7(2)5-9-6-8(3)4;/h7-9H,5-6H2,1-4H3;. The van der Waals surface area contributed by atoms with Crippen LogP contribution < -0.4 is 5.32 Å². The zero-order chi connectivity index (χ0) is 7.28. The van der Waals surface area contributed by atoms with E-state index in [2.05, 4.69) is 33.0 Å². The van der Waals surface area contributed by atoms with Gasteiger partial charge in [-0.3, -0.25) is 0 Å². The maximum Gasteiger partial charge on any atom is 0 e.